The van der Waals surface area contributed by atoms with E-state index in [0.717, 1.165) is 58.0 Å². The molecule has 0 aliphatic carbocycles. The van der Waals surface area contributed by atoms with Crippen molar-refractivity contribution < 1.29 is 9.53 Å². The summed E-state index contributed by atoms with van der Waals surface area (Å²) in [6.45, 7) is 10.4. The Balaban J connectivity index is 1.59. The van der Waals surface area contributed by atoms with E-state index in [-0.39, 0.29) is 6.03 Å². The van der Waals surface area contributed by atoms with Gasteiger partial charge in [0.2, 0.25) is 0 Å². The van der Waals surface area contributed by atoms with Crippen LogP contribution in [0.25, 0.3) is 0 Å². The van der Waals surface area contributed by atoms with Gasteiger partial charge in [0.05, 0.1) is 6.61 Å². The van der Waals surface area contributed by atoms with Crippen LogP contribution in [0.3, 0.4) is 0 Å². The first-order valence-electron chi connectivity index (χ1n) is 8.97. The molecule has 0 aromatic heterocycles. The average Bonchev–Trinajstić information content (AvgIpc) is 2.91. The summed E-state index contributed by atoms with van der Waals surface area (Å²) >= 11 is 0. The standard InChI is InChI=1S/C18H28N4O2/c1-2-20-8-10-21(11-9-20)17-6-3-5-16(15-17)19-18(23)22-7-4-13-24-14-12-22/h3,5-6,15H,2,4,7-14H2,1H3,(H,19,23). The van der Waals surface area contributed by atoms with Crippen molar-refractivity contribution in [3.63, 3.8) is 0 Å². The number of hydrogen-bond acceptors (Lipinski definition) is 4. The Labute approximate surface area is 144 Å². The Morgan fingerprint density at radius 1 is 1.12 bits per heavy atom. The molecule has 2 saturated heterocycles. The third-order valence-electron chi connectivity index (χ3n) is 4.79. The molecule has 2 aliphatic rings. The highest BCUT2D eigenvalue weighted by atomic mass is 16.5. The van der Waals surface area contributed by atoms with Crippen LogP contribution in [0.15, 0.2) is 24.3 Å². The van der Waals surface area contributed by atoms with Crippen LogP contribution in [0.2, 0.25) is 0 Å². The molecule has 0 saturated carbocycles. The molecule has 1 aromatic rings. The Hall–Kier alpha value is -1.79. The van der Waals surface area contributed by atoms with Gasteiger partial charge < -0.3 is 24.8 Å². The monoisotopic (exact) mass is 332 g/mol. The summed E-state index contributed by atoms with van der Waals surface area (Å²) in [7, 11) is 0. The van der Waals surface area contributed by atoms with E-state index in [4.69, 9.17) is 4.74 Å². The number of carbonyl (C=O) groups is 1. The van der Waals surface area contributed by atoms with Crippen LogP contribution in [0.5, 0.6) is 0 Å². The molecular weight excluding hydrogens is 304 g/mol. The van der Waals surface area contributed by atoms with Gasteiger partial charge >= 0.3 is 6.03 Å². The second-order valence-electron chi connectivity index (χ2n) is 6.35. The lowest BCUT2D eigenvalue weighted by Gasteiger charge is -2.35. The summed E-state index contributed by atoms with van der Waals surface area (Å²) in [6.07, 6.45) is 0.898. The Morgan fingerprint density at radius 3 is 2.75 bits per heavy atom. The fourth-order valence-corrected chi connectivity index (χ4v) is 3.25. The van der Waals surface area contributed by atoms with Crippen molar-refractivity contribution in [1.82, 2.24) is 9.80 Å². The molecule has 0 radical (unpaired) electrons. The topological polar surface area (TPSA) is 48.0 Å². The van der Waals surface area contributed by atoms with Crippen molar-refractivity contribution in [2.75, 3.05) is 69.2 Å². The molecule has 2 aliphatic heterocycles. The van der Waals surface area contributed by atoms with Gasteiger partial charge in [0.15, 0.2) is 0 Å². The quantitative estimate of drug-likeness (QED) is 0.921. The largest absolute Gasteiger partial charge is 0.380 e. The summed E-state index contributed by atoms with van der Waals surface area (Å²) < 4.78 is 5.41. The van der Waals surface area contributed by atoms with Gasteiger partial charge in [0.25, 0.3) is 0 Å². The van der Waals surface area contributed by atoms with Gasteiger partial charge in [-0.15, -0.1) is 0 Å². The fourth-order valence-electron chi connectivity index (χ4n) is 3.25. The molecule has 0 spiro atoms. The molecule has 6 nitrogen and oxygen atoms in total. The summed E-state index contributed by atoms with van der Waals surface area (Å²) in [5, 5.41) is 3.03. The van der Waals surface area contributed by atoms with Crippen LogP contribution in [0.4, 0.5) is 16.2 Å². The number of anilines is 2. The zero-order valence-electron chi connectivity index (χ0n) is 14.5. The predicted octanol–water partition coefficient (Wildman–Crippen LogP) is 2.08. The number of ether oxygens (including phenoxy) is 1. The highest BCUT2D eigenvalue weighted by Gasteiger charge is 2.18. The number of hydrogen-bond donors (Lipinski definition) is 1. The second-order valence-corrected chi connectivity index (χ2v) is 6.35. The molecular formula is C18H28N4O2. The summed E-state index contributed by atoms with van der Waals surface area (Å²) in [5.41, 5.74) is 2.04. The average molecular weight is 332 g/mol. The molecule has 2 fully saturated rings. The number of nitrogens with one attached hydrogen (secondary N) is 1. The molecule has 0 atom stereocenters. The minimum atomic E-state index is -0.0338. The summed E-state index contributed by atoms with van der Waals surface area (Å²) in [5.74, 6) is 0. The summed E-state index contributed by atoms with van der Waals surface area (Å²) in [4.78, 5) is 19.1. The SMILES string of the molecule is CCN1CCN(c2cccc(NC(=O)N3CCCOCC3)c2)CC1. The van der Waals surface area contributed by atoms with Gasteiger partial charge in [0.1, 0.15) is 0 Å². The maximum Gasteiger partial charge on any atom is 0.321 e. The van der Waals surface area contributed by atoms with Crippen molar-refractivity contribution in [2.24, 2.45) is 0 Å². The van der Waals surface area contributed by atoms with E-state index in [9.17, 15) is 4.79 Å². The van der Waals surface area contributed by atoms with E-state index in [2.05, 4.69) is 34.2 Å². The first-order valence-corrected chi connectivity index (χ1v) is 8.97. The molecule has 6 heteroatoms. The van der Waals surface area contributed by atoms with Gasteiger partial charge in [-0.2, -0.15) is 0 Å². The third kappa shape index (κ3) is 4.39. The zero-order chi connectivity index (χ0) is 16.8. The Morgan fingerprint density at radius 2 is 1.96 bits per heavy atom. The van der Waals surface area contributed by atoms with Gasteiger partial charge in [-0.3, -0.25) is 0 Å². The summed E-state index contributed by atoms with van der Waals surface area (Å²) in [6, 6.07) is 8.14. The van der Waals surface area contributed by atoms with Crippen molar-refractivity contribution in [3.05, 3.63) is 24.3 Å². The lowest BCUT2D eigenvalue weighted by atomic mass is 10.2. The van der Waals surface area contributed by atoms with Gasteiger partial charge in [-0.25, -0.2) is 4.79 Å². The number of rotatable bonds is 3. The minimum absolute atomic E-state index is 0.0338. The number of carbonyl (C=O) groups excluding carboxylic acids is 1. The van der Waals surface area contributed by atoms with Crippen LogP contribution < -0.4 is 10.2 Å². The van der Waals surface area contributed by atoms with Crippen LogP contribution >= 0.6 is 0 Å². The molecule has 132 valence electrons. The van der Waals surface area contributed by atoms with Crippen LogP contribution in [0, 0.1) is 0 Å². The van der Waals surface area contributed by atoms with E-state index in [1.54, 1.807) is 0 Å². The minimum Gasteiger partial charge on any atom is -0.380 e. The Kier molecular flexibility index (Phi) is 5.93. The highest BCUT2D eigenvalue weighted by molar-refractivity contribution is 5.90. The van der Waals surface area contributed by atoms with Crippen molar-refractivity contribution >= 4 is 17.4 Å². The smallest absolute Gasteiger partial charge is 0.321 e. The van der Waals surface area contributed by atoms with Gasteiger partial charge in [-0.05, 0) is 31.2 Å². The number of urea groups is 1. The number of amides is 2. The lowest BCUT2D eigenvalue weighted by Crippen LogP contribution is -2.46. The van der Waals surface area contributed by atoms with Crippen molar-refractivity contribution in [2.45, 2.75) is 13.3 Å². The number of piperazine rings is 1. The molecule has 0 unspecified atom stereocenters. The third-order valence-corrected chi connectivity index (χ3v) is 4.79. The fraction of sp³-hybridized carbons (Fsp3) is 0.611. The van der Waals surface area contributed by atoms with Crippen LogP contribution in [0.1, 0.15) is 13.3 Å². The van der Waals surface area contributed by atoms with Crippen molar-refractivity contribution in [3.8, 4) is 0 Å². The Bertz CT molecular complexity index is 536. The maximum absolute atomic E-state index is 12.4. The normalized spacial score (nSPS) is 19.9. The lowest BCUT2D eigenvalue weighted by molar-refractivity contribution is 0.144. The van der Waals surface area contributed by atoms with E-state index < -0.39 is 0 Å². The number of nitrogens with zero attached hydrogens (tertiary/aromatic N) is 3. The molecule has 1 aromatic carbocycles. The van der Waals surface area contributed by atoms with E-state index >= 15 is 0 Å². The van der Waals surface area contributed by atoms with Crippen LogP contribution in [-0.4, -0.2) is 74.9 Å². The van der Waals surface area contributed by atoms with Gasteiger partial charge in [-0.1, -0.05) is 13.0 Å². The first-order chi connectivity index (χ1) is 11.8. The molecule has 24 heavy (non-hydrogen) atoms. The molecule has 2 heterocycles. The molecule has 3 rings (SSSR count). The number of benzene rings is 1. The molecule has 1 N–H and O–H groups in total. The second kappa shape index (κ2) is 8.35. The van der Waals surface area contributed by atoms with E-state index in [1.807, 2.05) is 17.0 Å². The first kappa shape index (κ1) is 17.0. The van der Waals surface area contributed by atoms with Gasteiger partial charge in [0, 0.05) is 57.3 Å². The maximum atomic E-state index is 12.4. The molecule has 0 bridgehead atoms. The van der Waals surface area contributed by atoms with E-state index in [0.29, 0.717) is 13.2 Å². The number of likely N-dealkylation sites (N-methyl/N-ethyl adjacent to an activating group) is 1. The van der Waals surface area contributed by atoms with Crippen molar-refractivity contribution in [1.29, 1.82) is 0 Å². The van der Waals surface area contributed by atoms with E-state index in [1.165, 1.54) is 5.69 Å². The highest BCUT2D eigenvalue weighted by Crippen LogP contribution is 2.21. The molecule has 2 amide bonds. The predicted molar refractivity (Wildman–Crippen MR) is 96.8 cm³/mol. The zero-order valence-corrected chi connectivity index (χ0v) is 14.5. The van der Waals surface area contributed by atoms with Crippen LogP contribution in [-0.2, 0) is 4.74 Å².